The Balaban J connectivity index is 1.82. The first-order chi connectivity index (χ1) is 10.1. The van der Waals surface area contributed by atoms with Crippen molar-refractivity contribution < 1.29 is 24.1 Å². The molecule has 2 unspecified atom stereocenters. The van der Waals surface area contributed by atoms with Crippen LogP contribution in [0.15, 0.2) is 18.2 Å². The maximum atomic E-state index is 11.7. The Morgan fingerprint density at radius 1 is 1.24 bits per heavy atom. The maximum absolute atomic E-state index is 11.7. The number of hydrogen-bond donors (Lipinski definition) is 1. The van der Waals surface area contributed by atoms with E-state index in [4.69, 9.17) is 14.2 Å². The lowest BCUT2D eigenvalue weighted by Crippen LogP contribution is -2.27. The van der Waals surface area contributed by atoms with Gasteiger partial charge in [-0.05, 0) is 19.4 Å². The number of hydrogen-bond acceptors (Lipinski definition) is 5. The van der Waals surface area contributed by atoms with Crippen LogP contribution in [-0.2, 0) is 15.9 Å². The Morgan fingerprint density at radius 3 is 2.81 bits per heavy atom. The number of carbonyl (C=O) groups is 1. The molecule has 21 heavy (non-hydrogen) atoms. The number of carbonyl (C=O) groups excluding carboxylic acids is 1. The summed E-state index contributed by atoms with van der Waals surface area (Å²) in [5.74, 6) is 0.843. The molecule has 1 aromatic rings. The predicted molar refractivity (Wildman–Crippen MR) is 77.9 cm³/mol. The number of methoxy groups -OCH3 is 1. The highest BCUT2D eigenvalue weighted by molar-refractivity contribution is 6.01. The summed E-state index contributed by atoms with van der Waals surface area (Å²) in [5, 5.41) is 9.87. The topological polar surface area (TPSA) is 65.0 Å². The highest BCUT2D eigenvalue weighted by atomic mass is 16.5. The molecule has 1 aromatic carbocycles. The minimum absolute atomic E-state index is 0.0664. The molecule has 2 atom stereocenters. The van der Waals surface area contributed by atoms with E-state index in [1.165, 1.54) is 0 Å². The largest absolute Gasteiger partial charge is 0.490 e. The van der Waals surface area contributed by atoms with Gasteiger partial charge in [0.15, 0.2) is 5.78 Å². The molecule has 116 valence electrons. The van der Waals surface area contributed by atoms with Gasteiger partial charge in [-0.15, -0.1) is 0 Å². The van der Waals surface area contributed by atoms with Crippen molar-refractivity contribution in [1.82, 2.24) is 0 Å². The molecule has 0 amide bonds. The smallest absolute Gasteiger partial charge is 0.163 e. The summed E-state index contributed by atoms with van der Waals surface area (Å²) in [6.45, 7) is 2.71. The van der Waals surface area contributed by atoms with Gasteiger partial charge in [-0.2, -0.15) is 0 Å². The molecule has 0 bridgehead atoms. The van der Waals surface area contributed by atoms with E-state index in [0.29, 0.717) is 25.2 Å². The lowest BCUT2D eigenvalue weighted by Gasteiger charge is -2.17. The van der Waals surface area contributed by atoms with Crippen molar-refractivity contribution in [2.45, 2.75) is 32.0 Å². The van der Waals surface area contributed by atoms with Gasteiger partial charge in [-0.3, -0.25) is 4.79 Å². The summed E-state index contributed by atoms with van der Waals surface area (Å²) in [5.41, 5.74) is 1.69. The lowest BCUT2D eigenvalue weighted by molar-refractivity contribution is -0.0423. The average Bonchev–Trinajstić information content (AvgIpc) is 2.85. The number of ketones is 1. The molecule has 1 aliphatic rings. The summed E-state index contributed by atoms with van der Waals surface area (Å²) in [7, 11) is 1.61. The predicted octanol–water partition coefficient (Wildman–Crippen LogP) is 1.61. The Morgan fingerprint density at radius 2 is 2.05 bits per heavy atom. The highest BCUT2D eigenvalue weighted by Crippen LogP contribution is 2.30. The van der Waals surface area contributed by atoms with Crippen LogP contribution >= 0.6 is 0 Å². The van der Waals surface area contributed by atoms with Crippen LogP contribution in [-0.4, -0.2) is 50.0 Å². The number of benzene rings is 1. The molecular formula is C16H22O5. The van der Waals surface area contributed by atoms with Crippen molar-refractivity contribution in [3.8, 4) is 5.75 Å². The van der Waals surface area contributed by atoms with Crippen molar-refractivity contribution in [2.24, 2.45) is 0 Å². The van der Waals surface area contributed by atoms with Crippen LogP contribution in [0.1, 0.15) is 29.3 Å². The monoisotopic (exact) mass is 294 g/mol. The fourth-order valence-corrected chi connectivity index (χ4v) is 2.39. The Bertz CT molecular complexity index is 486. The Labute approximate surface area is 124 Å². The summed E-state index contributed by atoms with van der Waals surface area (Å²) < 4.78 is 16.0. The molecule has 0 saturated carbocycles. The second-order valence-electron chi connectivity index (χ2n) is 5.27. The van der Waals surface area contributed by atoms with Gasteiger partial charge >= 0.3 is 0 Å². The molecule has 0 heterocycles. The summed E-state index contributed by atoms with van der Waals surface area (Å²) >= 11 is 0. The summed E-state index contributed by atoms with van der Waals surface area (Å²) in [6, 6.07) is 5.46. The third kappa shape index (κ3) is 4.27. The third-order valence-corrected chi connectivity index (χ3v) is 3.44. The molecular weight excluding hydrogens is 272 g/mol. The van der Waals surface area contributed by atoms with E-state index < -0.39 is 6.10 Å². The maximum Gasteiger partial charge on any atom is 0.163 e. The third-order valence-electron chi connectivity index (χ3n) is 3.44. The van der Waals surface area contributed by atoms with Gasteiger partial charge in [-0.25, -0.2) is 0 Å². The lowest BCUT2D eigenvalue weighted by atomic mass is 10.1. The van der Waals surface area contributed by atoms with E-state index in [1.54, 1.807) is 13.2 Å². The second kappa shape index (κ2) is 7.54. The van der Waals surface area contributed by atoms with E-state index in [2.05, 4.69) is 0 Å². The van der Waals surface area contributed by atoms with Gasteiger partial charge in [0.25, 0.3) is 0 Å². The number of fused-ring (bicyclic) bond motifs is 1. The van der Waals surface area contributed by atoms with Gasteiger partial charge < -0.3 is 19.3 Å². The molecule has 5 nitrogen and oxygen atoms in total. The Kier molecular flexibility index (Phi) is 5.73. The van der Waals surface area contributed by atoms with Crippen molar-refractivity contribution in [2.75, 3.05) is 26.9 Å². The standard InChI is InChI=1S/C16H22O5/c1-11(8-19-2)20-9-12(17)10-21-16-5-3-4-13-14(16)6-7-15(13)18/h3-5,11-12,17H,6-10H2,1-2H3. The molecule has 0 radical (unpaired) electrons. The second-order valence-corrected chi connectivity index (χ2v) is 5.27. The van der Waals surface area contributed by atoms with E-state index in [1.807, 2.05) is 19.1 Å². The van der Waals surface area contributed by atoms with Crippen LogP contribution in [0.5, 0.6) is 5.75 Å². The Hall–Kier alpha value is -1.43. The molecule has 1 N–H and O–H groups in total. The van der Waals surface area contributed by atoms with Crippen LogP contribution in [0.2, 0.25) is 0 Å². The average molecular weight is 294 g/mol. The number of rotatable bonds is 8. The zero-order valence-electron chi connectivity index (χ0n) is 12.5. The summed E-state index contributed by atoms with van der Waals surface area (Å²) in [6.07, 6.45) is 0.470. The van der Waals surface area contributed by atoms with Crippen LogP contribution in [0.4, 0.5) is 0 Å². The molecule has 2 rings (SSSR count). The van der Waals surface area contributed by atoms with Crippen molar-refractivity contribution >= 4 is 5.78 Å². The minimum Gasteiger partial charge on any atom is -0.490 e. The van der Waals surface area contributed by atoms with Crippen molar-refractivity contribution in [1.29, 1.82) is 0 Å². The number of Topliss-reactive ketones (excluding diaryl/α,β-unsaturated/α-hetero) is 1. The fraction of sp³-hybridized carbons (Fsp3) is 0.562. The number of aliphatic hydroxyl groups excluding tert-OH is 1. The van der Waals surface area contributed by atoms with Crippen LogP contribution in [0.25, 0.3) is 0 Å². The number of aliphatic hydroxyl groups is 1. The first-order valence-corrected chi connectivity index (χ1v) is 7.18. The van der Waals surface area contributed by atoms with E-state index >= 15 is 0 Å². The molecule has 1 aliphatic carbocycles. The zero-order valence-corrected chi connectivity index (χ0v) is 12.5. The molecule has 0 aliphatic heterocycles. The first kappa shape index (κ1) is 15.9. The van der Waals surface area contributed by atoms with Gasteiger partial charge in [0, 0.05) is 24.7 Å². The molecule has 0 spiro atoms. The molecule has 5 heteroatoms. The van der Waals surface area contributed by atoms with Crippen LogP contribution in [0.3, 0.4) is 0 Å². The van der Waals surface area contributed by atoms with Crippen LogP contribution in [0, 0.1) is 0 Å². The van der Waals surface area contributed by atoms with E-state index in [9.17, 15) is 9.90 Å². The van der Waals surface area contributed by atoms with E-state index in [-0.39, 0.29) is 25.1 Å². The van der Waals surface area contributed by atoms with Gasteiger partial charge in [-0.1, -0.05) is 12.1 Å². The normalized spacial score (nSPS) is 16.6. The van der Waals surface area contributed by atoms with Crippen LogP contribution < -0.4 is 4.74 Å². The first-order valence-electron chi connectivity index (χ1n) is 7.18. The molecule has 0 fully saturated rings. The van der Waals surface area contributed by atoms with Crippen molar-refractivity contribution in [3.05, 3.63) is 29.3 Å². The zero-order chi connectivity index (χ0) is 15.2. The van der Waals surface area contributed by atoms with Gasteiger partial charge in [0.1, 0.15) is 18.5 Å². The fourth-order valence-electron chi connectivity index (χ4n) is 2.39. The van der Waals surface area contributed by atoms with Gasteiger partial charge in [0.2, 0.25) is 0 Å². The van der Waals surface area contributed by atoms with Crippen molar-refractivity contribution in [3.63, 3.8) is 0 Å². The number of ether oxygens (including phenoxy) is 3. The highest BCUT2D eigenvalue weighted by Gasteiger charge is 2.22. The molecule has 0 saturated heterocycles. The molecule has 0 aromatic heterocycles. The summed E-state index contributed by atoms with van der Waals surface area (Å²) in [4.78, 5) is 11.7. The van der Waals surface area contributed by atoms with E-state index in [0.717, 1.165) is 11.1 Å². The SMILES string of the molecule is COCC(C)OCC(O)COc1cccc2c1CCC2=O. The quantitative estimate of drug-likeness (QED) is 0.789. The van der Waals surface area contributed by atoms with Gasteiger partial charge in [0.05, 0.1) is 19.3 Å². The minimum atomic E-state index is -0.711.